The van der Waals surface area contributed by atoms with Crippen LogP contribution in [0.5, 0.6) is 0 Å². The van der Waals surface area contributed by atoms with Gasteiger partial charge in [0, 0.05) is 12.8 Å². The summed E-state index contributed by atoms with van der Waals surface area (Å²) in [6.07, 6.45) is 3.00. The Morgan fingerprint density at radius 2 is 2.00 bits per heavy atom. The van der Waals surface area contributed by atoms with Gasteiger partial charge >= 0.3 is 0 Å². The maximum absolute atomic E-state index is 11.4. The van der Waals surface area contributed by atoms with Crippen molar-refractivity contribution >= 4 is 5.78 Å². The SMILES string of the molecule is C[C@@H]1CC(=O)CC2CC1C2(C)C. The molecule has 1 nitrogen and oxygen atoms in total. The highest BCUT2D eigenvalue weighted by Crippen LogP contribution is 2.58. The van der Waals surface area contributed by atoms with Crippen molar-refractivity contribution in [1.82, 2.24) is 0 Å². The molecule has 0 saturated heterocycles. The van der Waals surface area contributed by atoms with Crippen molar-refractivity contribution in [3.8, 4) is 0 Å². The van der Waals surface area contributed by atoms with Crippen LogP contribution < -0.4 is 0 Å². The van der Waals surface area contributed by atoms with Gasteiger partial charge in [0.05, 0.1) is 0 Å². The topological polar surface area (TPSA) is 17.1 Å². The molecule has 3 aliphatic rings. The fourth-order valence-corrected chi connectivity index (χ4v) is 3.23. The van der Waals surface area contributed by atoms with Crippen molar-refractivity contribution in [2.24, 2.45) is 23.2 Å². The van der Waals surface area contributed by atoms with Crippen LogP contribution in [0.15, 0.2) is 0 Å². The molecule has 0 heterocycles. The molecule has 0 aromatic heterocycles. The summed E-state index contributed by atoms with van der Waals surface area (Å²) < 4.78 is 0. The monoisotopic (exact) mass is 166 g/mol. The second-order valence-corrected chi connectivity index (χ2v) is 5.28. The van der Waals surface area contributed by atoms with Gasteiger partial charge in [-0.3, -0.25) is 4.79 Å². The normalized spacial score (nSPS) is 44.9. The van der Waals surface area contributed by atoms with Crippen molar-refractivity contribution in [2.45, 2.75) is 40.0 Å². The minimum atomic E-state index is 0.450. The van der Waals surface area contributed by atoms with E-state index in [1.807, 2.05) is 0 Å². The van der Waals surface area contributed by atoms with Crippen molar-refractivity contribution < 1.29 is 4.79 Å². The van der Waals surface area contributed by atoms with Gasteiger partial charge < -0.3 is 0 Å². The molecule has 0 aromatic rings. The summed E-state index contributed by atoms with van der Waals surface area (Å²) in [5, 5.41) is 0. The molecule has 3 fully saturated rings. The number of carbonyl (C=O) groups is 1. The van der Waals surface area contributed by atoms with E-state index in [2.05, 4.69) is 20.8 Å². The summed E-state index contributed by atoms with van der Waals surface area (Å²) in [7, 11) is 0. The van der Waals surface area contributed by atoms with E-state index in [9.17, 15) is 4.79 Å². The van der Waals surface area contributed by atoms with Crippen molar-refractivity contribution in [1.29, 1.82) is 0 Å². The predicted octanol–water partition coefficient (Wildman–Crippen LogP) is 2.65. The van der Waals surface area contributed by atoms with Crippen LogP contribution in [-0.2, 0) is 4.79 Å². The molecular weight excluding hydrogens is 148 g/mol. The van der Waals surface area contributed by atoms with Crippen LogP contribution in [0.2, 0.25) is 0 Å². The molecule has 1 heteroatoms. The highest BCUT2D eigenvalue weighted by molar-refractivity contribution is 5.79. The molecule has 2 bridgehead atoms. The van der Waals surface area contributed by atoms with E-state index >= 15 is 0 Å². The molecule has 0 radical (unpaired) electrons. The minimum Gasteiger partial charge on any atom is -0.300 e. The Hall–Kier alpha value is -0.330. The lowest BCUT2D eigenvalue weighted by Gasteiger charge is -2.52. The predicted molar refractivity (Wildman–Crippen MR) is 48.8 cm³/mol. The van der Waals surface area contributed by atoms with Crippen molar-refractivity contribution in [3.63, 3.8) is 0 Å². The van der Waals surface area contributed by atoms with E-state index in [1.165, 1.54) is 6.42 Å². The number of fused-ring (bicyclic) bond motifs is 3. The maximum Gasteiger partial charge on any atom is 0.133 e. The van der Waals surface area contributed by atoms with Crippen LogP contribution in [0.3, 0.4) is 0 Å². The summed E-state index contributed by atoms with van der Waals surface area (Å²) in [6, 6.07) is 0. The van der Waals surface area contributed by atoms with E-state index < -0.39 is 0 Å². The fraction of sp³-hybridized carbons (Fsp3) is 0.909. The summed E-state index contributed by atoms with van der Waals surface area (Å²) in [5.74, 6) is 2.64. The summed E-state index contributed by atoms with van der Waals surface area (Å²) in [4.78, 5) is 11.4. The molecule has 0 aliphatic heterocycles. The van der Waals surface area contributed by atoms with E-state index in [0.717, 1.165) is 18.8 Å². The molecule has 0 amide bonds. The minimum absolute atomic E-state index is 0.450. The zero-order chi connectivity index (χ0) is 8.93. The van der Waals surface area contributed by atoms with Crippen molar-refractivity contribution in [3.05, 3.63) is 0 Å². The average molecular weight is 166 g/mol. The van der Waals surface area contributed by atoms with Gasteiger partial charge in [0.15, 0.2) is 0 Å². The molecule has 0 spiro atoms. The Bertz CT molecular complexity index is 217. The van der Waals surface area contributed by atoms with Crippen LogP contribution >= 0.6 is 0 Å². The van der Waals surface area contributed by atoms with Crippen LogP contribution in [0.25, 0.3) is 0 Å². The van der Waals surface area contributed by atoms with Crippen LogP contribution in [0.1, 0.15) is 40.0 Å². The van der Waals surface area contributed by atoms with Gasteiger partial charge in [-0.05, 0) is 29.6 Å². The number of rotatable bonds is 0. The molecule has 3 rings (SSSR count). The first kappa shape index (κ1) is 8.28. The second kappa shape index (κ2) is 2.34. The van der Waals surface area contributed by atoms with Gasteiger partial charge in [0.25, 0.3) is 0 Å². The van der Waals surface area contributed by atoms with Gasteiger partial charge in [-0.2, -0.15) is 0 Å². The lowest BCUT2D eigenvalue weighted by molar-refractivity contribution is -0.120. The average Bonchev–Trinajstić information content (AvgIpc) is 2.14. The van der Waals surface area contributed by atoms with Crippen LogP contribution in [-0.4, -0.2) is 5.78 Å². The zero-order valence-corrected chi connectivity index (χ0v) is 8.26. The Morgan fingerprint density at radius 3 is 2.58 bits per heavy atom. The number of Topliss-reactive ketones (excluding diaryl/α,β-unsaturated/α-hetero) is 1. The molecule has 2 unspecified atom stereocenters. The summed E-state index contributed by atoms with van der Waals surface area (Å²) in [5.41, 5.74) is 0.450. The number of hydrogen-bond donors (Lipinski definition) is 0. The Kier molecular flexibility index (Phi) is 1.61. The van der Waals surface area contributed by atoms with Gasteiger partial charge in [0.2, 0.25) is 0 Å². The molecule has 3 atom stereocenters. The third-order valence-corrected chi connectivity index (χ3v) is 4.26. The lowest BCUT2D eigenvalue weighted by atomic mass is 9.52. The maximum atomic E-state index is 11.4. The molecule has 3 aliphatic carbocycles. The molecule has 3 saturated carbocycles. The third-order valence-electron chi connectivity index (χ3n) is 4.26. The number of hydrogen-bond acceptors (Lipinski definition) is 1. The van der Waals surface area contributed by atoms with Gasteiger partial charge in [-0.1, -0.05) is 20.8 Å². The Morgan fingerprint density at radius 1 is 1.33 bits per heavy atom. The first-order valence-electron chi connectivity index (χ1n) is 5.03. The molecule has 0 aromatic carbocycles. The Labute approximate surface area is 74.5 Å². The quantitative estimate of drug-likeness (QED) is 0.540. The van der Waals surface area contributed by atoms with Crippen LogP contribution in [0.4, 0.5) is 0 Å². The fourth-order valence-electron chi connectivity index (χ4n) is 3.23. The van der Waals surface area contributed by atoms with E-state index in [-0.39, 0.29) is 0 Å². The molecule has 12 heavy (non-hydrogen) atoms. The summed E-state index contributed by atoms with van der Waals surface area (Å²) in [6.45, 7) is 6.91. The number of ketones is 1. The summed E-state index contributed by atoms with van der Waals surface area (Å²) >= 11 is 0. The Balaban J connectivity index is 2.23. The number of carbonyl (C=O) groups excluding carboxylic acids is 1. The van der Waals surface area contributed by atoms with Gasteiger partial charge in [-0.25, -0.2) is 0 Å². The zero-order valence-electron chi connectivity index (χ0n) is 8.26. The van der Waals surface area contributed by atoms with Crippen molar-refractivity contribution in [2.75, 3.05) is 0 Å². The highest BCUT2D eigenvalue weighted by atomic mass is 16.1. The van der Waals surface area contributed by atoms with E-state index in [4.69, 9.17) is 0 Å². The molecule has 0 N–H and O–H groups in total. The second-order valence-electron chi connectivity index (χ2n) is 5.28. The molecular formula is C11H18O. The van der Waals surface area contributed by atoms with Crippen LogP contribution in [0, 0.1) is 23.2 Å². The van der Waals surface area contributed by atoms with E-state index in [0.29, 0.717) is 23.0 Å². The smallest absolute Gasteiger partial charge is 0.133 e. The standard InChI is InChI=1S/C11H18O/c1-7-4-9(12)5-8-6-10(7)11(8,2)3/h7-8,10H,4-6H2,1-3H3/t7-,8?,10?/m1/s1. The first-order valence-corrected chi connectivity index (χ1v) is 5.03. The van der Waals surface area contributed by atoms with Gasteiger partial charge in [-0.15, -0.1) is 0 Å². The third kappa shape index (κ3) is 0.949. The largest absolute Gasteiger partial charge is 0.300 e. The van der Waals surface area contributed by atoms with Gasteiger partial charge in [0.1, 0.15) is 5.78 Å². The lowest BCUT2D eigenvalue weighted by Crippen LogP contribution is -2.45. The van der Waals surface area contributed by atoms with E-state index in [1.54, 1.807) is 0 Å². The highest BCUT2D eigenvalue weighted by Gasteiger charge is 2.52. The molecule has 68 valence electrons. The first-order chi connectivity index (χ1) is 5.51.